The van der Waals surface area contributed by atoms with E-state index in [0.717, 1.165) is 6.20 Å². The molecule has 2 aromatic rings. The Bertz CT molecular complexity index is 602. The SMILES string of the molecule is CC(O)(Cc1cccc(Cl)c1Cl)c1cncc(F)c1. The van der Waals surface area contributed by atoms with Gasteiger partial charge in [-0.15, -0.1) is 0 Å². The lowest BCUT2D eigenvalue weighted by Crippen LogP contribution is -2.24. The van der Waals surface area contributed by atoms with Crippen molar-refractivity contribution in [2.75, 3.05) is 0 Å². The first kappa shape index (κ1) is 14.3. The summed E-state index contributed by atoms with van der Waals surface area (Å²) in [5.74, 6) is -0.491. The summed E-state index contributed by atoms with van der Waals surface area (Å²) in [5.41, 5.74) is -0.185. The van der Waals surface area contributed by atoms with E-state index in [9.17, 15) is 9.50 Å². The lowest BCUT2D eigenvalue weighted by molar-refractivity contribution is 0.0569. The van der Waals surface area contributed by atoms with Crippen LogP contribution >= 0.6 is 23.2 Å². The lowest BCUT2D eigenvalue weighted by Gasteiger charge is -2.24. The second-order valence-electron chi connectivity index (χ2n) is 4.56. The standard InChI is InChI=1S/C14H12Cl2FNO/c1-14(19,10-5-11(17)8-18-7-10)6-9-3-2-4-12(15)13(9)16/h2-5,7-8,19H,6H2,1H3. The largest absolute Gasteiger partial charge is 0.385 e. The van der Waals surface area contributed by atoms with Crippen molar-refractivity contribution in [3.8, 4) is 0 Å². The molecular formula is C14H12Cl2FNO. The molecule has 2 nitrogen and oxygen atoms in total. The minimum Gasteiger partial charge on any atom is -0.385 e. The zero-order valence-electron chi connectivity index (χ0n) is 10.2. The van der Waals surface area contributed by atoms with E-state index in [2.05, 4.69) is 4.98 Å². The van der Waals surface area contributed by atoms with E-state index in [1.54, 1.807) is 25.1 Å². The molecule has 0 fully saturated rings. The molecule has 19 heavy (non-hydrogen) atoms. The Morgan fingerprint density at radius 1 is 1.32 bits per heavy atom. The Labute approximate surface area is 120 Å². The van der Waals surface area contributed by atoms with Crippen LogP contribution in [0.3, 0.4) is 0 Å². The van der Waals surface area contributed by atoms with Gasteiger partial charge in [0.05, 0.1) is 21.8 Å². The molecule has 1 unspecified atom stereocenters. The van der Waals surface area contributed by atoms with E-state index in [-0.39, 0.29) is 6.42 Å². The second-order valence-corrected chi connectivity index (χ2v) is 5.34. The summed E-state index contributed by atoms with van der Waals surface area (Å²) < 4.78 is 13.2. The smallest absolute Gasteiger partial charge is 0.141 e. The van der Waals surface area contributed by atoms with E-state index in [1.807, 2.05) is 0 Å². The van der Waals surface area contributed by atoms with Gasteiger partial charge >= 0.3 is 0 Å². The van der Waals surface area contributed by atoms with Gasteiger partial charge in [0, 0.05) is 18.2 Å². The molecule has 1 heterocycles. The van der Waals surface area contributed by atoms with E-state index in [1.165, 1.54) is 12.3 Å². The summed E-state index contributed by atoms with van der Waals surface area (Å²) in [6.45, 7) is 1.58. The fourth-order valence-corrected chi connectivity index (χ4v) is 2.25. The summed E-state index contributed by atoms with van der Waals surface area (Å²) in [7, 11) is 0. The third-order valence-electron chi connectivity index (χ3n) is 2.89. The van der Waals surface area contributed by atoms with E-state index in [0.29, 0.717) is 21.2 Å². The molecule has 0 aliphatic carbocycles. The summed E-state index contributed by atoms with van der Waals surface area (Å²) >= 11 is 12.0. The number of benzene rings is 1. The topological polar surface area (TPSA) is 33.1 Å². The Balaban J connectivity index is 2.33. The number of hydrogen-bond acceptors (Lipinski definition) is 2. The van der Waals surface area contributed by atoms with Crippen LogP contribution in [0.15, 0.2) is 36.7 Å². The van der Waals surface area contributed by atoms with Gasteiger partial charge < -0.3 is 5.11 Å². The summed E-state index contributed by atoms with van der Waals surface area (Å²) in [6, 6.07) is 6.45. The van der Waals surface area contributed by atoms with Crippen molar-refractivity contribution in [2.45, 2.75) is 18.9 Å². The van der Waals surface area contributed by atoms with Crippen LogP contribution in [0.5, 0.6) is 0 Å². The first-order valence-electron chi connectivity index (χ1n) is 5.66. The lowest BCUT2D eigenvalue weighted by atomic mass is 9.90. The summed E-state index contributed by atoms with van der Waals surface area (Å²) in [5, 5.41) is 11.3. The first-order valence-corrected chi connectivity index (χ1v) is 6.42. The minimum atomic E-state index is -1.27. The number of aromatic nitrogens is 1. The maximum Gasteiger partial charge on any atom is 0.141 e. The van der Waals surface area contributed by atoms with Crippen LogP contribution in [0.2, 0.25) is 10.0 Å². The maximum atomic E-state index is 13.2. The molecule has 0 spiro atoms. The van der Waals surface area contributed by atoms with Crippen LogP contribution in [-0.4, -0.2) is 10.1 Å². The Hall–Kier alpha value is -1.16. The number of hydrogen-bond donors (Lipinski definition) is 1. The monoisotopic (exact) mass is 299 g/mol. The molecule has 0 saturated carbocycles. The Kier molecular flexibility index (Phi) is 4.09. The molecule has 0 aliphatic rings. The van der Waals surface area contributed by atoms with Gasteiger partial charge in [0.1, 0.15) is 5.82 Å². The van der Waals surface area contributed by atoms with Crippen LogP contribution in [0.1, 0.15) is 18.1 Å². The van der Waals surface area contributed by atoms with Crippen LogP contribution < -0.4 is 0 Å². The minimum absolute atomic E-state index is 0.220. The van der Waals surface area contributed by atoms with Crippen molar-refractivity contribution < 1.29 is 9.50 Å². The highest BCUT2D eigenvalue weighted by Gasteiger charge is 2.25. The third-order valence-corrected chi connectivity index (χ3v) is 3.75. The first-order chi connectivity index (χ1) is 8.90. The number of aliphatic hydroxyl groups is 1. The number of pyridine rings is 1. The molecule has 0 aliphatic heterocycles. The van der Waals surface area contributed by atoms with Crippen molar-refractivity contribution in [1.29, 1.82) is 0 Å². The molecule has 0 saturated heterocycles. The van der Waals surface area contributed by atoms with Crippen molar-refractivity contribution in [1.82, 2.24) is 4.98 Å². The zero-order chi connectivity index (χ0) is 14.0. The molecule has 1 aromatic heterocycles. The van der Waals surface area contributed by atoms with Gasteiger partial charge in [-0.1, -0.05) is 35.3 Å². The van der Waals surface area contributed by atoms with Gasteiger partial charge in [-0.2, -0.15) is 0 Å². The van der Waals surface area contributed by atoms with Crippen LogP contribution in [0, 0.1) is 5.82 Å². The average molecular weight is 300 g/mol. The third kappa shape index (κ3) is 3.24. The van der Waals surface area contributed by atoms with E-state index >= 15 is 0 Å². The molecule has 0 amide bonds. The molecule has 0 bridgehead atoms. The summed E-state index contributed by atoms with van der Waals surface area (Å²) in [6.07, 6.45) is 2.74. The van der Waals surface area contributed by atoms with Gasteiger partial charge in [-0.25, -0.2) is 4.39 Å². The predicted molar refractivity (Wildman–Crippen MR) is 73.9 cm³/mol. The number of rotatable bonds is 3. The molecule has 2 rings (SSSR count). The van der Waals surface area contributed by atoms with Crippen molar-refractivity contribution >= 4 is 23.2 Å². The van der Waals surface area contributed by atoms with Gasteiger partial charge in [0.25, 0.3) is 0 Å². The highest BCUT2D eigenvalue weighted by atomic mass is 35.5. The zero-order valence-corrected chi connectivity index (χ0v) is 11.7. The van der Waals surface area contributed by atoms with Gasteiger partial charge in [0.2, 0.25) is 0 Å². The maximum absolute atomic E-state index is 13.2. The predicted octanol–water partition coefficient (Wildman–Crippen LogP) is 3.98. The quantitative estimate of drug-likeness (QED) is 0.930. The summed E-state index contributed by atoms with van der Waals surface area (Å²) in [4.78, 5) is 3.74. The van der Waals surface area contributed by atoms with Gasteiger partial charge in [0.15, 0.2) is 0 Å². The normalized spacial score (nSPS) is 14.2. The molecule has 0 radical (unpaired) electrons. The fourth-order valence-electron chi connectivity index (χ4n) is 1.86. The molecule has 1 atom stereocenters. The van der Waals surface area contributed by atoms with E-state index < -0.39 is 11.4 Å². The van der Waals surface area contributed by atoms with Crippen LogP contribution in [0.25, 0.3) is 0 Å². The van der Waals surface area contributed by atoms with Crippen LogP contribution in [-0.2, 0) is 12.0 Å². The van der Waals surface area contributed by atoms with Gasteiger partial charge in [-0.05, 0) is 24.6 Å². The fraction of sp³-hybridized carbons (Fsp3) is 0.214. The molecule has 5 heteroatoms. The average Bonchev–Trinajstić information content (AvgIpc) is 2.35. The Morgan fingerprint density at radius 3 is 2.74 bits per heavy atom. The molecule has 100 valence electrons. The number of nitrogens with zero attached hydrogens (tertiary/aromatic N) is 1. The highest BCUT2D eigenvalue weighted by molar-refractivity contribution is 6.42. The van der Waals surface area contributed by atoms with Crippen LogP contribution in [0.4, 0.5) is 4.39 Å². The van der Waals surface area contributed by atoms with E-state index in [4.69, 9.17) is 23.2 Å². The Morgan fingerprint density at radius 2 is 2.05 bits per heavy atom. The highest BCUT2D eigenvalue weighted by Crippen LogP contribution is 2.32. The van der Waals surface area contributed by atoms with Crippen molar-refractivity contribution in [3.63, 3.8) is 0 Å². The molecule has 1 aromatic carbocycles. The number of halogens is 3. The second kappa shape index (κ2) is 5.45. The molecular weight excluding hydrogens is 288 g/mol. The van der Waals surface area contributed by atoms with Crippen molar-refractivity contribution in [2.24, 2.45) is 0 Å². The van der Waals surface area contributed by atoms with Gasteiger partial charge in [-0.3, -0.25) is 4.98 Å². The van der Waals surface area contributed by atoms with Crippen molar-refractivity contribution in [3.05, 3.63) is 63.6 Å². The molecule has 1 N–H and O–H groups in total.